The van der Waals surface area contributed by atoms with E-state index >= 15 is 0 Å². The van der Waals surface area contributed by atoms with Gasteiger partial charge in [-0.1, -0.05) is 24.3 Å². The zero-order valence-electron chi connectivity index (χ0n) is 8.91. The second-order valence-corrected chi connectivity index (χ2v) is 4.38. The van der Waals surface area contributed by atoms with Gasteiger partial charge in [-0.25, -0.2) is 4.39 Å². The van der Waals surface area contributed by atoms with E-state index in [1.807, 2.05) is 18.2 Å². The van der Waals surface area contributed by atoms with E-state index in [9.17, 15) is 9.50 Å². The Labute approximate surface area is 93.5 Å². The lowest BCUT2D eigenvalue weighted by molar-refractivity contribution is 0.156. The lowest BCUT2D eigenvalue weighted by Crippen LogP contribution is -2.10. The van der Waals surface area contributed by atoms with Gasteiger partial charge in [-0.3, -0.25) is 0 Å². The first-order valence-corrected chi connectivity index (χ1v) is 5.65. The first kappa shape index (κ1) is 9.79. The van der Waals surface area contributed by atoms with Gasteiger partial charge in [0.2, 0.25) is 0 Å². The molecule has 2 aromatic carbocycles. The Kier molecular flexibility index (Phi) is 2.18. The predicted octanol–water partition coefficient (Wildman–Crippen LogP) is 3.35. The van der Waals surface area contributed by atoms with Crippen LogP contribution >= 0.6 is 0 Å². The molecule has 82 valence electrons. The third-order valence-electron chi connectivity index (χ3n) is 3.40. The summed E-state index contributed by atoms with van der Waals surface area (Å²) < 4.78 is 13.8. The van der Waals surface area contributed by atoms with Gasteiger partial charge >= 0.3 is 0 Å². The number of aliphatic hydroxyl groups excluding tert-OH is 1. The first-order chi connectivity index (χ1) is 7.77. The quantitative estimate of drug-likeness (QED) is 0.716. The van der Waals surface area contributed by atoms with Crippen LogP contribution < -0.4 is 0 Å². The van der Waals surface area contributed by atoms with Gasteiger partial charge in [0.25, 0.3) is 0 Å². The summed E-state index contributed by atoms with van der Waals surface area (Å²) in [7, 11) is 0. The van der Waals surface area contributed by atoms with Crippen LogP contribution in [0.25, 0.3) is 10.8 Å². The molecule has 1 N–H and O–H groups in total. The zero-order chi connectivity index (χ0) is 11.1. The van der Waals surface area contributed by atoms with Crippen molar-refractivity contribution >= 4 is 10.8 Å². The van der Waals surface area contributed by atoms with Crippen LogP contribution in [0.15, 0.2) is 30.3 Å². The summed E-state index contributed by atoms with van der Waals surface area (Å²) in [6.45, 7) is 0. The molecule has 0 spiro atoms. The number of aryl methyl sites for hydroxylation is 1. The average molecular weight is 216 g/mol. The normalized spacial score (nSPS) is 19.8. The lowest BCUT2D eigenvalue weighted by atomic mass is 9.86. The van der Waals surface area contributed by atoms with Crippen LogP contribution in [0.1, 0.15) is 30.1 Å². The Hall–Kier alpha value is -1.41. The molecule has 16 heavy (non-hydrogen) atoms. The van der Waals surface area contributed by atoms with Crippen molar-refractivity contribution in [2.24, 2.45) is 0 Å². The van der Waals surface area contributed by atoms with E-state index in [1.54, 1.807) is 6.07 Å². The summed E-state index contributed by atoms with van der Waals surface area (Å²) >= 11 is 0. The fourth-order valence-electron chi connectivity index (χ4n) is 2.62. The van der Waals surface area contributed by atoms with Crippen molar-refractivity contribution in [1.29, 1.82) is 0 Å². The molecule has 2 aromatic rings. The van der Waals surface area contributed by atoms with Crippen LogP contribution in [0, 0.1) is 5.82 Å². The number of fused-ring (bicyclic) bond motifs is 3. The molecule has 0 aromatic heterocycles. The monoisotopic (exact) mass is 216 g/mol. The van der Waals surface area contributed by atoms with Gasteiger partial charge in [0, 0.05) is 5.39 Å². The molecule has 0 unspecified atom stereocenters. The molecule has 3 rings (SSSR count). The maximum absolute atomic E-state index is 13.8. The standard InChI is InChI=1S/C14H13FO/c15-13-8-12-10(6-3-7-14(12)16)9-4-1-2-5-11(9)13/h1-2,4-5,8,14,16H,3,6-7H2/t14-/m1/s1. The second kappa shape index (κ2) is 3.56. The van der Waals surface area contributed by atoms with Gasteiger partial charge in [-0.05, 0) is 41.8 Å². The minimum absolute atomic E-state index is 0.227. The van der Waals surface area contributed by atoms with Crippen LogP contribution in [0.5, 0.6) is 0 Å². The molecule has 0 aliphatic heterocycles. The lowest BCUT2D eigenvalue weighted by Gasteiger charge is -2.23. The van der Waals surface area contributed by atoms with Crippen LogP contribution in [0.4, 0.5) is 4.39 Å². The van der Waals surface area contributed by atoms with Crippen molar-refractivity contribution in [2.75, 3.05) is 0 Å². The summed E-state index contributed by atoms with van der Waals surface area (Å²) in [6, 6.07) is 9.00. The van der Waals surface area contributed by atoms with Gasteiger partial charge in [0.05, 0.1) is 6.10 Å². The van der Waals surface area contributed by atoms with E-state index in [4.69, 9.17) is 0 Å². The van der Waals surface area contributed by atoms with Crippen molar-refractivity contribution in [3.63, 3.8) is 0 Å². The largest absolute Gasteiger partial charge is 0.388 e. The summed E-state index contributed by atoms with van der Waals surface area (Å²) in [5.41, 5.74) is 1.90. The highest BCUT2D eigenvalue weighted by Crippen LogP contribution is 2.35. The molecule has 1 aliphatic carbocycles. The number of aliphatic hydroxyl groups is 1. The summed E-state index contributed by atoms with van der Waals surface area (Å²) in [5.74, 6) is -0.227. The second-order valence-electron chi connectivity index (χ2n) is 4.38. The van der Waals surface area contributed by atoms with Crippen molar-refractivity contribution < 1.29 is 9.50 Å². The van der Waals surface area contributed by atoms with Gasteiger partial charge in [0.15, 0.2) is 0 Å². The Morgan fingerprint density at radius 3 is 2.75 bits per heavy atom. The van der Waals surface area contributed by atoms with E-state index in [0.29, 0.717) is 5.39 Å². The van der Waals surface area contributed by atoms with E-state index in [0.717, 1.165) is 35.8 Å². The fraction of sp³-hybridized carbons (Fsp3) is 0.286. The number of hydrogen-bond donors (Lipinski definition) is 1. The third-order valence-corrected chi connectivity index (χ3v) is 3.40. The maximum atomic E-state index is 13.8. The van der Waals surface area contributed by atoms with Crippen LogP contribution in [-0.2, 0) is 6.42 Å². The molecular weight excluding hydrogens is 203 g/mol. The SMILES string of the molecule is O[C@@H]1CCCc2c1cc(F)c1ccccc21. The van der Waals surface area contributed by atoms with E-state index in [-0.39, 0.29) is 5.82 Å². The molecule has 0 bridgehead atoms. The molecule has 0 amide bonds. The molecule has 1 aliphatic rings. The molecule has 0 fully saturated rings. The highest BCUT2D eigenvalue weighted by atomic mass is 19.1. The smallest absolute Gasteiger partial charge is 0.131 e. The van der Waals surface area contributed by atoms with Gasteiger partial charge in [-0.15, -0.1) is 0 Å². The average Bonchev–Trinajstić information content (AvgIpc) is 2.31. The van der Waals surface area contributed by atoms with Crippen molar-refractivity contribution in [2.45, 2.75) is 25.4 Å². The van der Waals surface area contributed by atoms with Gasteiger partial charge < -0.3 is 5.11 Å². The summed E-state index contributed by atoms with van der Waals surface area (Å²) in [6.07, 6.45) is 2.16. The minimum Gasteiger partial charge on any atom is -0.388 e. The van der Waals surface area contributed by atoms with Crippen LogP contribution in [0.3, 0.4) is 0 Å². The molecule has 2 heteroatoms. The molecule has 0 saturated carbocycles. The minimum atomic E-state index is -0.497. The third kappa shape index (κ3) is 1.34. The van der Waals surface area contributed by atoms with E-state index in [1.165, 1.54) is 6.07 Å². The van der Waals surface area contributed by atoms with Crippen molar-refractivity contribution in [3.05, 3.63) is 47.3 Å². The van der Waals surface area contributed by atoms with Gasteiger partial charge in [-0.2, -0.15) is 0 Å². The summed E-state index contributed by atoms with van der Waals surface area (Å²) in [5, 5.41) is 11.5. The fourth-order valence-corrected chi connectivity index (χ4v) is 2.62. The molecule has 1 nitrogen and oxygen atoms in total. The van der Waals surface area contributed by atoms with Crippen molar-refractivity contribution in [3.8, 4) is 0 Å². The van der Waals surface area contributed by atoms with Gasteiger partial charge in [0.1, 0.15) is 5.82 Å². The number of hydrogen-bond acceptors (Lipinski definition) is 1. The highest BCUT2D eigenvalue weighted by molar-refractivity contribution is 5.87. The van der Waals surface area contributed by atoms with Crippen LogP contribution in [-0.4, -0.2) is 5.11 Å². The number of halogens is 1. The molecule has 1 atom stereocenters. The van der Waals surface area contributed by atoms with E-state index < -0.39 is 6.10 Å². The number of benzene rings is 2. The van der Waals surface area contributed by atoms with E-state index in [2.05, 4.69) is 0 Å². The number of rotatable bonds is 0. The first-order valence-electron chi connectivity index (χ1n) is 5.65. The molecular formula is C14H13FO. The summed E-state index contributed by atoms with van der Waals surface area (Å²) in [4.78, 5) is 0. The molecule has 0 radical (unpaired) electrons. The molecule has 0 heterocycles. The highest BCUT2D eigenvalue weighted by Gasteiger charge is 2.21. The Morgan fingerprint density at radius 2 is 1.94 bits per heavy atom. The van der Waals surface area contributed by atoms with Crippen molar-refractivity contribution in [1.82, 2.24) is 0 Å². The Balaban J connectivity index is 2.38. The maximum Gasteiger partial charge on any atom is 0.131 e. The van der Waals surface area contributed by atoms with Crippen LogP contribution in [0.2, 0.25) is 0 Å². The Morgan fingerprint density at radius 1 is 1.19 bits per heavy atom. The topological polar surface area (TPSA) is 20.2 Å². The molecule has 0 saturated heterocycles. The predicted molar refractivity (Wildman–Crippen MR) is 61.8 cm³/mol. The zero-order valence-corrected chi connectivity index (χ0v) is 8.91. The Bertz CT molecular complexity index is 548.